The molecule has 0 spiro atoms. The summed E-state index contributed by atoms with van der Waals surface area (Å²) >= 11 is 0. The van der Waals surface area contributed by atoms with Crippen molar-refractivity contribution in [3.8, 4) is 0 Å². The van der Waals surface area contributed by atoms with Gasteiger partial charge < -0.3 is 5.73 Å². The Balaban J connectivity index is 2.47. The van der Waals surface area contributed by atoms with Crippen molar-refractivity contribution in [3.63, 3.8) is 0 Å². The van der Waals surface area contributed by atoms with Crippen molar-refractivity contribution in [1.82, 2.24) is 4.98 Å². The molecule has 17 heavy (non-hydrogen) atoms. The standard InChI is InChI=1S/C14H15FN2/c1-9-3-4-11(15)7-12(9)14(16)13-8-17-6-5-10(13)2/h3-8,14H,16H2,1-2H3. The average molecular weight is 230 g/mol. The molecule has 0 radical (unpaired) electrons. The van der Waals surface area contributed by atoms with Crippen molar-refractivity contribution >= 4 is 0 Å². The van der Waals surface area contributed by atoms with Crippen LogP contribution in [0.3, 0.4) is 0 Å². The van der Waals surface area contributed by atoms with Crippen LogP contribution in [0.4, 0.5) is 4.39 Å². The van der Waals surface area contributed by atoms with E-state index >= 15 is 0 Å². The molecule has 0 saturated heterocycles. The van der Waals surface area contributed by atoms with Gasteiger partial charge in [0.25, 0.3) is 0 Å². The number of hydrogen-bond acceptors (Lipinski definition) is 2. The van der Waals surface area contributed by atoms with Crippen molar-refractivity contribution in [1.29, 1.82) is 0 Å². The maximum atomic E-state index is 13.3. The average Bonchev–Trinajstić information content (AvgIpc) is 2.32. The first-order valence-corrected chi connectivity index (χ1v) is 5.51. The van der Waals surface area contributed by atoms with Gasteiger partial charge in [-0.05, 0) is 54.3 Å². The quantitative estimate of drug-likeness (QED) is 0.861. The summed E-state index contributed by atoms with van der Waals surface area (Å²) in [6.45, 7) is 3.91. The molecular formula is C14H15FN2. The molecule has 1 unspecified atom stereocenters. The number of nitrogens with zero attached hydrogens (tertiary/aromatic N) is 1. The van der Waals surface area contributed by atoms with Crippen LogP contribution in [0.25, 0.3) is 0 Å². The molecular weight excluding hydrogens is 215 g/mol. The maximum Gasteiger partial charge on any atom is 0.123 e. The fourth-order valence-corrected chi connectivity index (χ4v) is 1.92. The lowest BCUT2D eigenvalue weighted by Crippen LogP contribution is -2.15. The van der Waals surface area contributed by atoms with Gasteiger partial charge in [0.1, 0.15) is 5.82 Å². The van der Waals surface area contributed by atoms with Crippen molar-refractivity contribution in [2.24, 2.45) is 5.73 Å². The molecule has 1 atom stereocenters. The van der Waals surface area contributed by atoms with E-state index in [2.05, 4.69) is 4.98 Å². The molecule has 2 N–H and O–H groups in total. The van der Waals surface area contributed by atoms with Gasteiger partial charge in [-0.3, -0.25) is 4.98 Å². The number of hydrogen-bond donors (Lipinski definition) is 1. The third-order valence-corrected chi connectivity index (χ3v) is 2.99. The summed E-state index contributed by atoms with van der Waals surface area (Å²) in [5.41, 5.74) is 9.97. The molecule has 2 rings (SSSR count). The Labute approximate surface area is 100 Å². The molecule has 88 valence electrons. The number of nitrogens with two attached hydrogens (primary N) is 1. The van der Waals surface area contributed by atoms with Crippen LogP contribution in [-0.4, -0.2) is 4.98 Å². The van der Waals surface area contributed by atoms with Gasteiger partial charge in [-0.2, -0.15) is 0 Å². The zero-order valence-electron chi connectivity index (χ0n) is 9.94. The van der Waals surface area contributed by atoms with Crippen molar-refractivity contribution in [2.45, 2.75) is 19.9 Å². The minimum atomic E-state index is -0.334. The summed E-state index contributed by atoms with van der Waals surface area (Å²) in [6.07, 6.45) is 3.47. The minimum Gasteiger partial charge on any atom is -0.320 e. The van der Waals surface area contributed by atoms with Gasteiger partial charge >= 0.3 is 0 Å². The normalized spacial score (nSPS) is 12.5. The van der Waals surface area contributed by atoms with Gasteiger partial charge in [-0.1, -0.05) is 6.07 Å². The van der Waals surface area contributed by atoms with Crippen LogP contribution < -0.4 is 5.73 Å². The highest BCUT2D eigenvalue weighted by Gasteiger charge is 2.14. The van der Waals surface area contributed by atoms with Crippen LogP contribution in [0.1, 0.15) is 28.3 Å². The molecule has 0 aliphatic rings. The molecule has 0 aliphatic heterocycles. The number of aryl methyl sites for hydroxylation is 2. The molecule has 2 nitrogen and oxygen atoms in total. The molecule has 1 aromatic heterocycles. The lowest BCUT2D eigenvalue weighted by molar-refractivity contribution is 0.622. The highest BCUT2D eigenvalue weighted by Crippen LogP contribution is 2.24. The van der Waals surface area contributed by atoms with Gasteiger partial charge in [0.15, 0.2) is 0 Å². The van der Waals surface area contributed by atoms with E-state index in [-0.39, 0.29) is 11.9 Å². The lowest BCUT2D eigenvalue weighted by atomic mass is 9.94. The van der Waals surface area contributed by atoms with Gasteiger partial charge in [-0.15, -0.1) is 0 Å². The lowest BCUT2D eigenvalue weighted by Gasteiger charge is -2.16. The molecule has 2 aromatic rings. The predicted octanol–water partition coefficient (Wildman–Crippen LogP) is 2.89. The largest absolute Gasteiger partial charge is 0.320 e. The molecule has 1 heterocycles. The van der Waals surface area contributed by atoms with Gasteiger partial charge in [0.2, 0.25) is 0 Å². The van der Waals surface area contributed by atoms with E-state index in [0.29, 0.717) is 0 Å². The summed E-state index contributed by atoms with van der Waals surface area (Å²) in [7, 11) is 0. The molecule has 0 bridgehead atoms. The van der Waals surface area contributed by atoms with Crippen LogP contribution in [0.15, 0.2) is 36.7 Å². The summed E-state index contributed by atoms with van der Waals surface area (Å²) in [4.78, 5) is 4.07. The van der Waals surface area contributed by atoms with Crippen LogP contribution >= 0.6 is 0 Å². The summed E-state index contributed by atoms with van der Waals surface area (Å²) in [5, 5.41) is 0. The molecule has 0 fully saturated rings. The first kappa shape index (κ1) is 11.7. The second kappa shape index (κ2) is 4.63. The van der Waals surface area contributed by atoms with E-state index in [1.54, 1.807) is 18.5 Å². The van der Waals surface area contributed by atoms with Crippen LogP contribution in [0.5, 0.6) is 0 Å². The Morgan fingerprint density at radius 1 is 1.12 bits per heavy atom. The van der Waals surface area contributed by atoms with E-state index in [9.17, 15) is 4.39 Å². The smallest absolute Gasteiger partial charge is 0.123 e. The van der Waals surface area contributed by atoms with Gasteiger partial charge in [-0.25, -0.2) is 4.39 Å². The summed E-state index contributed by atoms with van der Waals surface area (Å²) < 4.78 is 13.3. The van der Waals surface area contributed by atoms with E-state index in [1.165, 1.54) is 12.1 Å². The van der Waals surface area contributed by atoms with Crippen molar-refractivity contribution < 1.29 is 4.39 Å². The summed E-state index contributed by atoms with van der Waals surface area (Å²) in [6, 6.07) is 6.26. The Morgan fingerprint density at radius 3 is 2.53 bits per heavy atom. The van der Waals surface area contributed by atoms with Gasteiger partial charge in [0, 0.05) is 12.4 Å². The highest BCUT2D eigenvalue weighted by atomic mass is 19.1. The first-order chi connectivity index (χ1) is 8.09. The predicted molar refractivity (Wildman–Crippen MR) is 66.1 cm³/mol. The molecule has 0 saturated carbocycles. The number of rotatable bonds is 2. The molecule has 1 aromatic carbocycles. The summed E-state index contributed by atoms with van der Waals surface area (Å²) in [5.74, 6) is -0.261. The third kappa shape index (κ3) is 2.34. The highest BCUT2D eigenvalue weighted by molar-refractivity contribution is 5.38. The Hall–Kier alpha value is -1.74. The van der Waals surface area contributed by atoms with Crippen molar-refractivity contribution in [2.75, 3.05) is 0 Å². The monoisotopic (exact) mass is 230 g/mol. The van der Waals surface area contributed by atoms with Crippen LogP contribution in [-0.2, 0) is 0 Å². The minimum absolute atomic E-state index is 0.261. The number of pyridine rings is 1. The van der Waals surface area contributed by atoms with E-state index in [4.69, 9.17) is 5.73 Å². The maximum absolute atomic E-state index is 13.3. The topological polar surface area (TPSA) is 38.9 Å². The molecule has 0 aliphatic carbocycles. The van der Waals surface area contributed by atoms with Gasteiger partial charge in [0.05, 0.1) is 6.04 Å². The SMILES string of the molecule is Cc1ccncc1C(N)c1cc(F)ccc1C. The molecule has 0 amide bonds. The zero-order chi connectivity index (χ0) is 12.4. The number of benzene rings is 1. The first-order valence-electron chi connectivity index (χ1n) is 5.51. The Morgan fingerprint density at radius 2 is 1.82 bits per heavy atom. The van der Waals surface area contributed by atoms with E-state index in [1.807, 2.05) is 19.9 Å². The second-order valence-electron chi connectivity index (χ2n) is 4.21. The van der Waals surface area contributed by atoms with Crippen molar-refractivity contribution in [3.05, 3.63) is 64.7 Å². The zero-order valence-corrected chi connectivity index (χ0v) is 9.94. The third-order valence-electron chi connectivity index (χ3n) is 2.99. The van der Waals surface area contributed by atoms with Crippen LogP contribution in [0, 0.1) is 19.7 Å². The second-order valence-corrected chi connectivity index (χ2v) is 4.21. The fraction of sp³-hybridized carbons (Fsp3) is 0.214. The number of halogens is 1. The Bertz CT molecular complexity index is 537. The number of aromatic nitrogens is 1. The Kier molecular flexibility index (Phi) is 3.20. The van der Waals surface area contributed by atoms with Crippen LogP contribution in [0.2, 0.25) is 0 Å². The van der Waals surface area contributed by atoms with E-state index < -0.39 is 0 Å². The van der Waals surface area contributed by atoms with E-state index in [0.717, 1.165) is 22.3 Å². The fourth-order valence-electron chi connectivity index (χ4n) is 1.92. The molecule has 3 heteroatoms.